The first-order valence-electron chi connectivity index (χ1n) is 6.28. The van der Waals surface area contributed by atoms with E-state index in [1.54, 1.807) is 6.20 Å². The number of nitrogens with zero attached hydrogens (tertiary/aromatic N) is 4. The van der Waals surface area contributed by atoms with Gasteiger partial charge in [0.25, 0.3) is 0 Å². The van der Waals surface area contributed by atoms with Gasteiger partial charge in [-0.3, -0.25) is 0 Å². The highest BCUT2D eigenvalue weighted by atomic mass is 16.3. The van der Waals surface area contributed by atoms with E-state index >= 15 is 0 Å². The molecule has 1 aliphatic rings. The zero-order valence-electron chi connectivity index (χ0n) is 10.4. The average molecular weight is 247 g/mol. The normalized spacial score (nSPS) is 19.7. The van der Waals surface area contributed by atoms with Crippen LogP contribution in [0, 0.1) is 0 Å². The van der Waals surface area contributed by atoms with Gasteiger partial charge in [0.05, 0.1) is 12.3 Å². The van der Waals surface area contributed by atoms with Crippen molar-refractivity contribution in [1.82, 2.24) is 14.4 Å². The summed E-state index contributed by atoms with van der Waals surface area (Å²) in [4.78, 5) is 11.0. The SMILES string of the molecule is CCNc1cn2ccnc2c(N2CCC(O)C2)n1. The number of nitrogens with one attached hydrogen (secondary N) is 1. The Balaban J connectivity index is 2.05. The number of β-amino-alcohol motifs (C(OH)–C–C–N with tert-alkyl or cyclic N) is 1. The highest BCUT2D eigenvalue weighted by Crippen LogP contribution is 2.24. The van der Waals surface area contributed by atoms with Crippen LogP contribution < -0.4 is 10.2 Å². The molecule has 2 aromatic rings. The minimum absolute atomic E-state index is 0.260. The van der Waals surface area contributed by atoms with E-state index in [2.05, 4.69) is 20.2 Å². The van der Waals surface area contributed by atoms with Gasteiger partial charge in [-0.15, -0.1) is 0 Å². The Hall–Kier alpha value is -1.82. The van der Waals surface area contributed by atoms with Crippen LogP contribution in [0.2, 0.25) is 0 Å². The van der Waals surface area contributed by atoms with Crippen LogP contribution in [0.15, 0.2) is 18.6 Å². The molecule has 0 saturated carbocycles. The first-order chi connectivity index (χ1) is 8.78. The summed E-state index contributed by atoms with van der Waals surface area (Å²) in [5.74, 6) is 1.68. The predicted molar refractivity (Wildman–Crippen MR) is 70.0 cm³/mol. The molecule has 2 aromatic heterocycles. The van der Waals surface area contributed by atoms with Crippen molar-refractivity contribution >= 4 is 17.3 Å². The van der Waals surface area contributed by atoms with Crippen molar-refractivity contribution in [2.75, 3.05) is 29.9 Å². The van der Waals surface area contributed by atoms with Gasteiger partial charge in [0.2, 0.25) is 0 Å². The van der Waals surface area contributed by atoms with Gasteiger partial charge in [-0.2, -0.15) is 0 Å². The van der Waals surface area contributed by atoms with Gasteiger partial charge < -0.3 is 19.7 Å². The molecule has 1 unspecified atom stereocenters. The number of aliphatic hydroxyl groups excluding tert-OH is 1. The van der Waals surface area contributed by atoms with Crippen molar-refractivity contribution in [2.24, 2.45) is 0 Å². The number of anilines is 2. The van der Waals surface area contributed by atoms with E-state index in [-0.39, 0.29) is 6.10 Å². The van der Waals surface area contributed by atoms with E-state index in [9.17, 15) is 5.11 Å². The summed E-state index contributed by atoms with van der Waals surface area (Å²) in [6, 6.07) is 0. The number of aliphatic hydroxyl groups is 1. The minimum atomic E-state index is -0.260. The van der Waals surface area contributed by atoms with Gasteiger partial charge in [0.1, 0.15) is 5.82 Å². The Bertz CT molecular complexity index is 552. The summed E-state index contributed by atoms with van der Waals surface area (Å²) < 4.78 is 1.96. The Labute approximate surface area is 105 Å². The molecule has 0 spiro atoms. The molecule has 0 amide bonds. The molecule has 1 saturated heterocycles. The lowest BCUT2D eigenvalue weighted by molar-refractivity contribution is 0.198. The summed E-state index contributed by atoms with van der Waals surface area (Å²) >= 11 is 0. The smallest absolute Gasteiger partial charge is 0.180 e. The minimum Gasteiger partial charge on any atom is -0.391 e. The number of hydrogen-bond donors (Lipinski definition) is 2. The van der Waals surface area contributed by atoms with Crippen LogP contribution >= 0.6 is 0 Å². The molecular formula is C12H17N5O. The third kappa shape index (κ3) is 1.88. The summed E-state index contributed by atoms with van der Waals surface area (Å²) in [7, 11) is 0. The monoisotopic (exact) mass is 247 g/mol. The summed E-state index contributed by atoms with van der Waals surface area (Å²) in [6.07, 6.45) is 6.14. The molecule has 1 atom stereocenters. The van der Waals surface area contributed by atoms with Gasteiger partial charge in [-0.25, -0.2) is 9.97 Å². The number of imidazole rings is 1. The van der Waals surface area contributed by atoms with Crippen LogP contribution in [-0.2, 0) is 0 Å². The van der Waals surface area contributed by atoms with Crippen molar-refractivity contribution in [3.63, 3.8) is 0 Å². The predicted octanol–water partition coefficient (Wildman–Crippen LogP) is 0.732. The van der Waals surface area contributed by atoms with Crippen LogP contribution in [0.4, 0.5) is 11.6 Å². The Kier molecular flexibility index (Phi) is 2.79. The fraction of sp³-hybridized carbons (Fsp3) is 0.500. The Morgan fingerprint density at radius 2 is 2.44 bits per heavy atom. The van der Waals surface area contributed by atoms with Gasteiger partial charge in [-0.05, 0) is 13.3 Å². The molecule has 3 rings (SSSR count). The van der Waals surface area contributed by atoms with Gasteiger partial charge in [0.15, 0.2) is 11.5 Å². The molecule has 6 nitrogen and oxygen atoms in total. The average Bonchev–Trinajstić information content (AvgIpc) is 2.97. The second kappa shape index (κ2) is 4.45. The molecule has 18 heavy (non-hydrogen) atoms. The molecule has 0 bridgehead atoms. The first-order valence-corrected chi connectivity index (χ1v) is 6.28. The maximum Gasteiger partial charge on any atom is 0.180 e. The molecule has 6 heteroatoms. The highest BCUT2D eigenvalue weighted by molar-refractivity contribution is 5.67. The fourth-order valence-corrected chi connectivity index (χ4v) is 2.33. The lowest BCUT2D eigenvalue weighted by Gasteiger charge is -2.18. The molecule has 0 aromatic carbocycles. The quantitative estimate of drug-likeness (QED) is 0.837. The maximum atomic E-state index is 9.64. The molecule has 1 fully saturated rings. The van der Waals surface area contributed by atoms with E-state index in [1.165, 1.54) is 0 Å². The van der Waals surface area contributed by atoms with E-state index in [1.807, 2.05) is 23.7 Å². The number of hydrogen-bond acceptors (Lipinski definition) is 5. The van der Waals surface area contributed by atoms with Gasteiger partial charge >= 0.3 is 0 Å². The summed E-state index contributed by atoms with van der Waals surface area (Å²) in [5.41, 5.74) is 0.839. The van der Waals surface area contributed by atoms with E-state index in [4.69, 9.17) is 0 Å². The molecule has 1 aliphatic heterocycles. The zero-order valence-corrected chi connectivity index (χ0v) is 10.4. The van der Waals surface area contributed by atoms with Crippen LogP contribution in [0.1, 0.15) is 13.3 Å². The van der Waals surface area contributed by atoms with E-state index < -0.39 is 0 Å². The topological polar surface area (TPSA) is 65.7 Å². The van der Waals surface area contributed by atoms with E-state index in [0.29, 0.717) is 6.54 Å². The molecule has 0 radical (unpaired) electrons. The Morgan fingerprint density at radius 3 is 3.17 bits per heavy atom. The second-order valence-corrected chi connectivity index (χ2v) is 4.53. The largest absolute Gasteiger partial charge is 0.391 e. The number of fused-ring (bicyclic) bond motifs is 1. The summed E-state index contributed by atoms with van der Waals surface area (Å²) in [5, 5.41) is 12.9. The van der Waals surface area contributed by atoms with Crippen molar-refractivity contribution in [1.29, 1.82) is 0 Å². The lowest BCUT2D eigenvalue weighted by atomic mass is 10.3. The molecule has 96 valence electrons. The first kappa shape index (κ1) is 11.3. The molecule has 2 N–H and O–H groups in total. The van der Waals surface area contributed by atoms with E-state index in [0.717, 1.165) is 36.8 Å². The molecule has 0 aliphatic carbocycles. The van der Waals surface area contributed by atoms with Crippen molar-refractivity contribution in [3.8, 4) is 0 Å². The lowest BCUT2D eigenvalue weighted by Crippen LogP contribution is -2.23. The number of aromatic nitrogens is 3. The molecule has 3 heterocycles. The third-order valence-electron chi connectivity index (χ3n) is 3.18. The number of rotatable bonds is 3. The van der Waals surface area contributed by atoms with Crippen molar-refractivity contribution in [3.05, 3.63) is 18.6 Å². The third-order valence-corrected chi connectivity index (χ3v) is 3.18. The fourth-order valence-electron chi connectivity index (χ4n) is 2.33. The van der Waals surface area contributed by atoms with Gasteiger partial charge in [-0.1, -0.05) is 0 Å². The highest BCUT2D eigenvalue weighted by Gasteiger charge is 2.24. The standard InChI is InChI=1S/C12H17N5O/c1-2-13-10-8-17-6-4-14-11(17)12(15-10)16-5-3-9(18)7-16/h4,6,8-9,13,18H,2-3,5,7H2,1H3. The van der Waals surface area contributed by atoms with Crippen molar-refractivity contribution < 1.29 is 5.11 Å². The van der Waals surface area contributed by atoms with Crippen LogP contribution in [0.3, 0.4) is 0 Å². The van der Waals surface area contributed by atoms with Crippen molar-refractivity contribution in [2.45, 2.75) is 19.4 Å². The second-order valence-electron chi connectivity index (χ2n) is 4.53. The maximum absolute atomic E-state index is 9.64. The van der Waals surface area contributed by atoms with Crippen LogP contribution in [0.5, 0.6) is 0 Å². The zero-order chi connectivity index (χ0) is 12.5. The summed E-state index contributed by atoms with van der Waals surface area (Å²) in [6.45, 7) is 4.33. The molecular weight excluding hydrogens is 230 g/mol. The van der Waals surface area contributed by atoms with Crippen LogP contribution in [-0.4, -0.2) is 45.2 Å². The Morgan fingerprint density at radius 1 is 1.56 bits per heavy atom. The van der Waals surface area contributed by atoms with Crippen LogP contribution in [0.25, 0.3) is 5.65 Å². The van der Waals surface area contributed by atoms with Gasteiger partial charge in [0, 0.05) is 32.0 Å².